The average Bonchev–Trinajstić information content (AvgIpc) is 2.84. The minimum absolute atomic E-state index is 0.254. The molecule has 1 atom stereocenters. The van der Waals surface area contributed by atoms with Crippen molar-refractivity contribution < 1.29 is 8.42 Å². The van der Waals surface area contributed by atoms with Gasteiger partial charge in [-0.1, -0.05) is 0 Å². The van der Waals surface area contributed by atoms with Crippen LogP contribution in [-0.4, -0.2) is 43.4 Å². The third-order valence-corrected chi connectivity index (χ3v) is 4.02. The van der Waals surface area contributed by atoms with Crippen molar-refractivity contribution in [2.24, 2.45) is 0 Å². The Bertz CT molecular complexity index is 425. The number of nitrogens with zero attached hydrogens (tertiary/aromatic N) is 1. The van der Waals surface area contributed by atoms with E-state index >= 15 is 0 Å². The summed E-state index contributed by atoms with van der Waals surface area (Å²) in [5.74, 6) is 0.254. The molecule has 1 fully saturated rings. The number of nitrogens with one attached hydrogen (secondary N) is 1. The number of hydrogen-bond acceptors (Lipinski definition) is 3. The normalized spacial score (nSPS) is 22.7. The molecule has 5 heteroatoms. The van der Waals surface area contributed by atoms with Gasteiger partial charge in [0.05, 0.1) is 5.75 Å². The van der Waals surface area contributed by atoms with Crippen LogP contribution in [0.4, 0.5) is 0 Å². The molecule has 0 aromatic carbocycles. The molecule has 0 radical (unpaired) electrons. The van der Waals surface area contributed by atoms with Gasteiger partial charge in [0, 0.05) is 30.7 Å². The van der Waals surface area contributed by atoms with Crippen molar-refractivity contribution in [3.8, 4) is 0 Å². The summed E-state index contributed by atoms with van der Waals surface area (Å²) in [6.45, 7) is 1.64. The maximum Gasteiger partial charge on any atom is 0.148 e. The molecular formula is C11H18N2O2S. The number of likely N-dealkylation sites (tertiary alicyclic amines) is 1. The number of hydrogen-bond donors (Lipinski definition) is 1. The summed E-state index contributed by atoms with van der Waals surface area (Å²) >= 11 is 0. The summed E-state index contributed by atoms with van der Waals surface area (Å²) in [5, 5.41) is 0. The van der Waals surface area contributed by atoms with Gasteiger partial charge in [0.2, 0.25) is 0 Å². The molecule has 1 aromatic rings. The van der Waals surface area contributed by atoms with Gasteiger partial charge in [-0.15, -0.1) is 0 Å². The molecule has 0 saturated carbocycles. The van der Waals surface area contributed by atoms with E-state index in [0.29, 0.717) is 12.6 Å². The lowest BCUT2D eigenvalue weighted by molar-refractivity contribution is 0.268. The Morgan fingerprint density at radius 2 is 2.38 bits per heavy atom. The first kappa shape index (κ1) is 11.7. The summed E-state index contributed by atoms with van der Waals surface area (Å²) in [7, 11) is -2.86. The minimum atomic E-state index is -2.86. The highest BCUT2D eigenvalue weighted by molar-refractivity contribution is 7.90. The van der Waals surface area contributed by atoms with E-state index in [1.807, 2.05) is 12.3 Å². The van der Waals surface area contributed by atoms with Crippen molar-refractivity contribution in [1.82, 2.24) is 9.88 Å². The molecule has 0 aliphatic carbocycles. The van der Waals surface area contributed by atoms with Crippen molar-refractivity contribution in [3.63, 3.8) is 0 Å². The zero-order valence-corrected chi connectivity index (χ0v) is 10.3. The Labute approximate surface area is 96.6 Å². The van der Waals surface area contributed by atoms with Crippen molar-refractivity contribution in [2.75, 3.05) is 25.1 Å². The first-order valence-corrected chi connectivity index (χ1v) is 7.67. The first-order chi connectivity index (χ1) is 7.56. The van der Waals surface area contributed by atoms with Crippen molar-refractivity contribution in [1.29, 1.82) is 0 Å². The summed E-state index contributed by atoms with van der Waals surface area (Å²) in [6, 6.07) is 4.43. The third kappa shape index (κ3) is 2.86. The lowest BCUT2D eigenvalue weighted by atomic mass is 10.1. The van der Waals surface area contributed by atoms with Crippen LogP contribution >= 0.6 is 0 Å². The smallest absolute Gasteiger partial charge is 0.148 e. The van der Waals surface area contributed by atoms with Gasteiger partial charge in [0.1, 0.15) is 9.84 Å². The minimum Gasteiger partial charge on any atom is -0.364 e. The van der Waals surface area contributed by atoms with Crippen LogP contribution in [0.5, 0.6) is 0 Å². The summed E-state index contributed by atoms with van der Waals surface area (Å²) in [6.07, 6.45) is 5.48. The highest BCUT2D eigenvalue weighted by atomic mass is 32.2. The number of sulfone groups is 1. The van der Waals surface area contributed by atoms with Gasteiger partial charge >= 0.3 is 0 Å². The number of aromatic nitrogens is 1. The molecule has 1 N–H and O–H groups in total. The fourth-order valence-corrected chi connectivity index (χ4v) is 2.85. The maximum atomic E-state index is 11.1. The monoisotopic (exact) mass is 242 g/mol. The highest BCUT2D eigenvalue weighted by Crippen LogP contribution is 2.30. The molecule has 4 nitrogen and oxygen atoms in total. The topological polar surface area (TPSA) is 53.2 Å². The lowest BCUT2D eigenvalue weighted by Crippen LogP contribution is -2.29. The van der Waals surface area contributed by atoms with Gasteiger partial charge in [0.15, 0.2) is 0 Å². The van der Waals surface area contributed by atoms with Crippen LogP contribution in [0.2, 0.25) is 0 Å². The fraction of sp³-hybridized carbons (Fsp3) is 0.636. The van der Waals surface area contributed by atoms with Crippen LogP contribution in [-0.2, 0) is 9.84 Å². The molecule has 0 spiro atoms. The van der Waals surface area contributed by atoms with Gasteiger partial charge in [-0.3, -0.25) is 4.90 Å². The Morgan fingerprint density at radius 1 is 1.56 bits per heavy atom. The number of H-pyrrole nitrogens is 1. The lowest BCUT2D eigenvalue weighted by Gasteiger charge is -2.23. The standard InChI is InChI=1S/C11H18N2O2S/c1-16(14,15)9-8-13-7-3-5-11(13)10-4-2-6-12-10/h2,4,6,11-12H,3,5,7-9H2,1H3/t11-/m1/s1. The van der Waals surface area contributed by atoms with E-state index in [4.69, 9.17) is 0 Å². The molecule has 0 unspecified atom stereocenters. The number of rotatable bonds is 4. The third-order valence-electron chi connectivity index (χ3n) is 3.09. The molecule has 1 aliphatic heterocycles. The zero-order valence-electron chi connectivity index (χ0n) is 9.52. The molecular weight excluding hydrogens is 224 g/mol. The zero-order chi connectivity index (χ0) is 11.6. The van der Waals surface area contributed by atoms with Gasteiger partial charge in [-0.05, 0) is 31.5 Å². The van der Waals surface area contributed by atoms with Crippen molar-refractivity contribution >= 4 is 9.84 Å². The van der Waals surface area contributed by atoms with Gasteiger partial charge in [-0.25, -0.2) is 8.42 Å². The maximum absolute atomic E-state index is 11.1. The Kier molecular flexibility index (Phi) is 3.35. The van der Waals surface area contributed by atoms with Crippen LogP contribution in [0.1, 0.15) is 24.6 Å². The van der Waals surface area contributed by atoms with E-state index in [9.17, 15) is 8.42 Å². The molecule has 1 saturated heterocycles. The Morgan fingerprint density at radius 3 is 3.00 bits per heavy atom. The summed E-state index contributed by atoms with van der Waals surface area (Å²) in [5.41, 5.74) is 1.20. The second-order valence-corrected chi connectivity index (χ2v) is 6.71. The molecule has 90 valence electrons. The quantitative estimate of drug-likeness (QED) is 0.863. The second-order valence-electron chi connectivity index (χ2n) is 4.45. The predicted octanol–water partition coefficient (Wildman–Crippen LogP) is 1.20. The molecule has 1 aromatic heterocycles. The SMILES string of the molecule is CS(=O)(=O)CCN1CCC[C@@H]1c1ccc[nH]1. The van der Waals surface area contributed by atoms with E-state index in [2.05, 4.69) is 16.0 Å². The van der Waals surface area contributed by atoms with Crippen LogP contribution in [0, 0.1) is 0 Å². The fourth-order valence-electron chi connectivity index (χ4n) is 2.28. The Hall–Kier alpha value is -0.810. The molecule has 1 aliphatic rings. The largest absolute Gasteiger partial charge is 0.364 e. The van der Waals surface area contributed by atoms with E-state index in [1.165, 1.54) is 11.9 Å². The molecule has 16 heavy (non-hydrogen) atoms. The van der Waals surface area contributed by atoms with Crippen LogP contribution in [0.3, 0.4) is 0 Å². The molecule has 0 bridgehead atoms. The van der Waals surface area contributed by atoms with Gasteiger partial charge in [-0.2, -0.15) is 0 Å². The summed E-state index contributed by atoms with van der Waals surface area (Å²) in [4.78, 5) is 5.47. The predicted molar refractivity (Wildman–Crippen MR) is 64.1 cm³/mol. The average molecular weight is 242 g/mol. The van der Waals surface area contributed by atoms with Crippen LogP contribution < -0.4 is 0 Å². The summed E-state index contributed by atoms with van der Waals surface area (Å²) < 4.78 is 22.3. The van der Waals surface area contributed by atoms with Crippen LogP contribution in [0.15, 0.2) is 18.3 Å². The van der Waals surface area contributed by atoms with E-state index in [0.717, 1.165) is 19.4 Å². The first-order valence-electron chi connectivity index (χ1n) is 5.61. The van der Waals surface area contributed by atoms with Gasteiger partial charge in [0.25, 0.3) is 0 Å². The molecule has 2 rings (SSSR count). The Balaban J connectivity index is 1.99. The molecule has 2 heterocycles. The molecule has 0 amide bonds. The number of aromatic amines is 1. The van der Waals surface area contributed by atoms with E-state index in [1.54, 1.807) is 0 Å². The van der Waals surface area contributed by atoms with Crippen molar-refractivity contribution in [3.05, 3.63) is 24.0 Å². The van der Waals surface area contributed by atoms with Gasteiger partial charge < -0.3 is 4.98 Å². The van der Waals surface area contributed by atoms with E-state index < -0.39 is 9.84 Å². The van der Waals surface area contributed by atoms with Crippen molar-refractivity contribution in [2.45, 2.75) is 18.9 Å². The second kappa shape index (κ2) is 4.59. The van der Waals surface area contributed by atoms with Crippen LogP contribution in [0.25, 0.3) is 0 Å². The van der Waals surface area contributed by atoms with E-state index in [-0.39, 0.29) is 5.75 Å². The highest BCUT2D eigenvalue weighted by Gasteiger charge is 2.26.